The summed E-state index contributed by atoms with van der Waals surface area (Å²) in [7, 11) is 2.15. The summed E-state index contributed by atoms with van der Waals surface area (Å²) in [5.74, 6) is -0.649. The lowest BCUT2D eigenvalue weighted by atomic mass is 10.1. The van der Waals surface area contributed by atoms with Crippen molar-refractivity contribution in [2.45, 2.75) is 6.54 Å². The molecule has 0 spiro atoms. The monoisotopic (exact) mass is 477 g/mol. The van der Waals surface area contributed by atoms with Crippen molar-refractivity contribution >= 4 is 48.7 Å². The lowest BCUT2D eigenvalue weighted by molar-refractivity contribution is -0.124. The maximum absolute atomic E-state index is 12.5. The first-order valence-corrected chi connectivity index (χ1v) is 9.98. The molecule has 2 aromatic rings. The number of halogens is 2. The average molecular weight is 478 g/mol. The summed E-state index contributed by atoms with van der Waals surface area (Å²) in [5, 5.41) is 8.53. The zero-order valence-electron chi connectivity index (χ0n) is 17.9. The van der Waals surface area contributed by atoms with Gasteiger partial charge in [0, 0.05) is 44.4 Å². The number of piperazine rings is 1. The number of rotatable bonds is 7. The molecule has 0 unspecified atom stereocenters. The average Bonchev–Trinajstić information content (AvgIpc) is 2.78. The van der Waals surface area contributed by atoms with Crippen LogP contribution in [0.4, 0.5) is 0 Å². The van der Waals surface area contributed by atoms with E-state index in [9.17, 15) is 9.59 Å². The fourth-order valence-corrected chi connectivity index (χ4v) is 3.28. The van der Waals surface area contributed by atoms with Crippen LogP contribution >= 0.6 is 24.8 Å². The van der Waals surface area contributed by atoms with Crippen LogP contribution in [0.25, 0.3) is 12.2 Å². The van der Waals surface area contributed by atoms with Crippen molar-refractivity contribution in [3.63, 3.8) is 0 Å². The molecule has 2 N–H and O–H groups in total. The molecule has 6 nitrogen and oxygen atoms in total. The first-order chi connectivity index (χ1) is 14.5. The number of hydrogen-bond donors (Lipinski definition) is 2. The maximum atomic E-state index is 12.5. The number of hydroxylamine groups is 1. The minimum atomic E-state index is -0.595. The zero-order valence-corrected chi connectivity index (χ0v) is 19.6. The topological polar surface area (TPSA) is 72.9 Å². The second-order valence-corrected chi connectivity index (χ2v) is 7.45. The number of ketones is 1. The molecule has 0 atom stereocenters. The Morgan fingerprint density at radius 1 is 0.938 bits per heavy atom. The molecule has 2 aromatic carbocycles. The number of likely N-dealkylation sites (N-methyl/N-ethyl adjacent to an activating group) is 1. The molecular formula is C24H29Cl2N3O3. The van der Waals surface area contributed by atoms with Gasteiger partial charge in [0.2, 0.25) is 0 Å². The molecule has 1 amide bonds. The van der Waals surface area contributed by atoms with Crippen molar-refractivity contribution in [3.8, 4) is 0 Å². The molecule has 0 saturated carbocycles. The van der Waals surface area contributed by atoms with E-state index in [0.717, 1.165) is 43.9 Å². The number of allylic oxidation sites excluding steroid dienone is 1. The molecule has 1 saturated heterocycles. The molecule has 1 heterocycles. The smallest absolute Gasteiger partial charge is 0.267 e. The van der Waals surface area contributed by atoms with Gasteiger partial charge in [-0.05, 0) is 42.0 Å². The third-order valence-corrected chi connectivity index (χ3v) is 5.12. The lowest BCUT2D eigenvalue weighted by Gasteiger charge is -2.32. The zero-order chi connectivity index (χ0) is 21.3. The van der Waals surface area contributed by atoms with Crippen LogP contribution in [-0.4, -0.2) is 59.9 Å². The van der Waals surface area contributed by atoms with Crippen molar-refractivity contribution in [3.05, 3.63) is 82.9 Å². The molecule has 0 bridgehead atoms. The summed E-state index contributed by atoms with van der Waals surface area (Å²) in [6.45, 7) is 5.23. The third kappa shape index (κ3) is 8.57. The fourth-order valence-electron chi connectivity index (χ4n) is 3.28. The maximum Gasteiger partial charge on any atom is 0.267 e. The number of benzene rings is 2. The van der Waals surface area contributed by atoms with E-state index in [-0.39, 0.29) is 30.6 Å². The summed E-state index contributed by atoms with van der Waals surface area (Å²) in [6, 6.07) is 15.2. The van der Waals surface area contributed by atoms with E-state index in [0.29, 0.717) is 5.56 Å². The molecule has 1 fully saturated rings. The van der Waals surface area contributed by atoms with Gasteiger partial charge in [-0.15, -0.1) is 24.8 Å². The predicted molar refractivity (Wildman–Crippen MR) is 132 cm³/mol. The van der Waals surface area contributed by atoms with Gasteiger partial charge in [-0.2, -0.15) is 0 Å². The minimum Gasteiger partial charge on any atom is -0.304 e. The van der Waals surface area contributed by atoms with Crippen molar-refractivity contribution in [2.24, 2.45) is 0 Å². The van der Waals surface area contributed by atoms with Crippen LogP contribution in [0.3, 0.4) is 0 Å². The van der Waals surface area contributed by atoms with E-state index in [1.54, 1.807) is 23.7 Å². The quantitative estimate of drug-likeness (QED) is 0.275. The second-order valence-electron chi connectivity index (χ2n) is 7.45. The highest BCUT2D eigenvalue weighted by atomic mass is 35.5. The van der Waals surface area contributed by atoms with Gasteiger partial charge in [-0.3, -0.25) is 19.7 Å². The Labute approximate surface area is 201 Å². The van der Waals surface area contributed by atoms with Crippen LogP contribution in [0.1, 0.15) is 27.0 Å². The van der Waals surface area contributed by atoms with Gasteiger partial charge in [-0.25, -0.2) is 5.48 Å². The van der Waals surface area contributed by atoms with E-state index in [1.165, 1.54) is 11.6 Å². The highest BCUT2D eigenvalue weighted by Crippen LogP contribution is 2.13. The molecule has 32 heavy (non-hydrogen) atoms. The molecule has 8 heteroatoms. The van der Waals surface area contributed by atoms with Crippen LogP contribution in [0.5, 0.6) is 0 Å². The molecule has 1 aliphatic heterocycles. The van der Waals surface area contributed by atoms with Crippen molar-refractivity contribution in [1.29, 1.82) is 0 Å². The Morgan fingerprint density at radius 2 is 1.53 bits per heavy atom. The largest absolute Gasteiger partial charge is 0.304 e. The molecule has 1 aliphatic rings. The summed E-state index contributed by atoms with van der Waals surface area (Å²) in [4.78, 5) is 28.3. The van der Waals surface area contributed by atoms with E-state index in [1.807, 2.05) is 48.5 Å². The Morgan fingerprint density at radius 3 is 2.12 bits per heavy atom. The van der Waals surface area contributed by atoms with Crippen molar-refractivity contribution in [2.75, 3.05) is 33.2 Å². The van der Waals surface area contributed by atoms with Crippen LogP contribution in [-0.2, 0) is 11.3 Å². The first kappa shape index (κ1) is 27.6. The lowest BCUT2D eigenvalue weighted by Crippen LogP contribution is -2.43. The summed E-state index contributed by atoms with van der Waals surface area (Å²) in [6.07, 6.45) is 6.13. The fraction of sp³-hybridized carbons (Fsp3) is 0.250. The van der Waals surface area contributed by atoms with Gasteiger partial charge in [0.05, 0.1) is 0 Å². The Kier molecular flexibility index (Phi) is 11.9. The minimum absolute atomic E-state index is 0. The first-order valence-electron chi connectivity index (χ1n) is 9.98. The van der Waals surface area contributed by atoms with E-state index in [4.69, 9.17) is 5.21 Å². The van der Waals surface area contributed by atoms with Crippen LogP contribution in [0, 0.1) is 0 Å². The third-order valence-electron chi connectivity index (χ3n) is 5.12. The molecule has 172 valence electrons. The van der Waals surface area contributed by atoms with E-state index in [2.05, 4.69) is 16.8 Å². The van der Waals surface area contributed by atoms with Gasteiger partial charge in [0.25, 0.3) is 5.91 Å². The predicted octanol–water partition coefficient (Wildman–Crippen LogP) is 3.69. The Hall–Kier alpha value is -2.48. The standard InChI is InChI=1S/C24H27N3O3.2ClH/c1-26-13-15-27(16-14-26)18-21-5-9-22(10-6-21)23(28)11-7-19-3-2-4-20(17-19)8-12-24(29)25-30;;/h2-12,17,30H,13-16,18H2,1H3,(H,25,29);2*1H. The molecule has 0 radical (unpaired) electrons. The second kappa shape index (κ2) is 13.8. The number of nitrogens with one attached hydrogen (secondary N) is 1. The number of carbonyl (C=O) groups is 2. The molecule has 0 aromatic heterocycles. The Balaban J connectivity index is 0.00000256. The highest BCUT2D eigenvalue weighted by Gasteiger charge is 2.13. The highest BCUT2D eigenvalue weighted by molar-refractivity contribution is 6.06. The van der Waals surface area contributed by atoms with Crippen LogP contribution in [0.2, 0.25) is 0 Å². The summed E-state index contributed by atoms with van der Waals surface area (Å²) < 4.78 is 0. The van der Waals surface area contributed by atoms with Crippen LogP contribution < -0.4 is 5.48 Å². The number of amides is 1. The van der Waals surface area contributed by atoms with Gasteiger partial charge < -0.3 is 4.90 Å². The Bertz CT molecular complexity index is 938. The molecule has 0 aliphatic carbocycles. The number of nitrogens with zero attached hydrogens (tertiary/aromatic N) is 2. The van der Waals surface area contributed by atoms with E-state index >= 15 is 0 Å². The van der Waals surface area contributed by atoms with Crippen LogP contribution in [0.15, 0.2) is 60.7 Å². The normalized spacial score (nSPS) is 14.7. The number of carbonyl (C=O) groups excluding carboxylic acids is 2. The summed E-state index contributed by atoms with van der Waals surface area (Å²) >= 11 is 0. The van der Waals surface area contributed by atoms with E-state index < -0.39 is 5.91 Å². The molecular weight excluding hydrogens is 449 g/mol. The van der Waals surface area contributed by atoms with Gasteiger partial charge in [0.1, 0.15) is 0 Å². The van der Waals surface area contributed by atoms with Gasteiger partial charge in [-0.1, -0.05) is 48.5 Å². The van der Waals surface area contributed by atoms with Crippen molar-refractivity contribution < 1.29 is 14.8 Å². The number of hydrogen-bond acceptors (Lipinski definition) is 5. The van der Waals surface area contributed by atoms with Gasteiger partial charge in [0.15, 0.2) is 5.78 Å². The summed E-state index contributed by atoms with van der Waals surface area (Å²) in [5.41, 5.74) is 5.06. The molecule has 3 rings (SSSR count). The SMILES string of the molecule is CN1CCN(Cc2ccc(C(=O)C=Cc3cccc(C=CC(=O)NO)c3)cc2)CC1.Cl.Cl. The van der Waals surface area contributed by atoms with Gasteiger partial charge >= 0.3 is 0 Å². The van der Waals surface area contributed by atoms with Crippen molar-refractivity contribution in [1.82, 2.24) is 15.3 Å².